The molecule has 0 bridgehead atoms. The second-order valence-corrected chi connectivity index (χ2v) is 8.79. The van der Waals surface area contributed by atoms with Crippen molar-refractivity contribution in [3.63, 3.8) is 0 Å². The van der Waals surface area contributed by atoms with Crippen LogP contribution in [0.5, 0.6) is 11.5 Å². The Hall–Kier alpha value is -4.54. The molecule has 0 radical (unpaired) electrons. The lowest BCUT2D eigenvalue weighted by Gasteiger charge is -2.25. The van der Waals surface area contributed by atoms with E-state index >= 15 is 0 Å². The summed E-state index contributed by atoms with van der Waals surface area (Å²) in [6, 6.07) is 13.3. The van der Waals surface area contributed by atoms with E-state index in [2.05, 4.69) is 10.6 Å². The lowest BCUT2D eigenvalue weighted by Crippen LogP contribution is -2.42. The second-order valence-electron chi connectivity index (χ2n) is 8.79. The minimum atomic E-state index is -1.39. The summed E-state index contributed by atoms with van der Waals surface area (Å²) in [5, 5.41) is 5.25. The molecule has 1 aromatic heterocycles. The summed E-state index contributed by atoms with van der Waals surface area (Å²) in [5.41, 5.74) is -0.0810. The third-order valence-electron chi connectivity index (χ3n) is 6.51. The Bertz CT molecular complexity index is 1440. The van der Waals surface area contributed by atoms with Crippen LogP contribution in [0.1, 0.15) is 18.2 Å². The highest BCUT2D eigenvalue weighted by atomic mass is 16.6. The first-order valence-electron chi connectivity index (χ1n) is 11.4. The summed E-state index contributed by atoms with van der Waals surface area (Å²) in [6.45, 7) is 3.52. The van der Waals surface area contributed by atoms with Crippen LogP contribution < -0.4 is 25.7 Å². The standard InChI is InChI=1S/C25H25N5O6/c1-15-21(22(32)30(28(15)3)17-7-5-4-6-8-17)26-20(31)14-29-23(33)25(2,27-24(29)34)16-9-10-18-19(13-16)36-12-11-35-18/h4-10,13H,11-12,14H2,1-3H3,(H,26,31)(H,27,34)/t25-/m0/s1. The van der Waals surface area contributed by atoms with Crippen molar-refractivity contribution < 1.29 is 23.9 Å². The SMILES string of the molecule is Cc1c(NC(=O)CN2C(=O)N[C@@](C)(c3ccc4c(c3)OCCO4)C2=O)c(=O)n(-c2ccccc2)n1C. The van der Waals surface area contributed by atoms with E-state index in [1.807, 2.05) is 6.07 Å². The largest absolute Gasteiger partial charge is 0.486 e. The first-order chi connectivity index (χ1) is 17.2. The number of carbonyl (C=O) groups is 3. The first kappa shape index (κ1) is 23.2. The first-order valence-corrected chi connectivity index (χ1v) is 11.4. The van der Waals surface area contributed by atoms with E-state index in [-0.39, 0.29) is 5.69 Å². The summed E-state index contributed by atoms with van der Waals surface area (Å²) >= 11 is 0. The monoisotopic (exact) mass is 491 g/mol. The van der Waals surface area contributed by atoms with Crippen molar-refractivity contribution in [3.05, 3.63) is 70.1 Å². The van der Waals surface area contributed by atoms with Crippen molar-refractivity contribution in [1.82, 2.24) is 19.6 Å². The third-order valence-corrected chi connectivity index (χ3v) is 6.51. The van der Waals surface area contributed by atoms with E-state index < -0.39 is 35.5 Å². The summed E-state index contributed by atoms with van der Waals surface area (Å²) in [6.07, 6.45) is 0. The zero-order chi connectivity index (χ0) is 25.6. The summed E-state index contributed by atoms with van der Waals surface area (Å²) in [5.74, 6) is -0.227. The number of imide groups is 1. The summed E-state index contributed by atoms with van der Waals surface area (Å²) < 4.78 is 14.2. The van der Waals surface area contributed by atoms with Gasteiger partial charge in [0, 0.05) is 7.05 Å². The number of hydrogen-bond donors (Lipinski definition) is 2. The number of rotatable bonds is 5. The van der Waals surface area contributed by atoms with Crippen molar-refractivity contribution in [3.8, 4) is 17.2 Å². The molecule has 11 heteroatoms. The molecule has 0 saturated carbocycles. The number of hydrogen-bond acceptors (Lipinski definition) is 6. The van der Waals surface area contributed by atoms with E-state index in [1.165, 1.54) is 4.68 Å². The molecule has 0 aliphatic carbocycles. The van der Waals surface area contributed by atoms with E-state index in [0.717, 1.165) is 4.90 Å². The number of carbonyl (C=O) groups excluding carboxylic acids is 3. The van der Waals surface area contributed by atoms with Crippen LogP contribution in [0.3, 0.4) is 0 Å². The second kappa shape index (κ2) is 8.59. The molecule has 5 rings (SSSR count). The maximum absolute atomic E-state index is 13.3. The molecule has 2 aromatic carbocycles. The lowest BCUT2D eigenvalue weighted by atomic mass is 9.91. The van der Waals surface area contributed by atoms with E-state index in [4.69, 9.17) is 9.47 Å². The van der Waals surface area contributed by atoms with Crippen molar-refractivity contribution >= 4 is 23.5 Å². The number of aromatic nitrogens is 2. The van der Waals surface area contributed by atoms with Crippen LogP contribution in [-0.2, 0) is 22.2 Å². The van der Waals surface area contributed by atoms with Crippen molar-refractivity contribution in [1.29, 1.82) is 0 Å². The number of amides is 4. The fourth-order valence-corrected chi connectivity index (χ4v) is 4.43. The molecule has 3 aromatic rings. The van der Waals surface area contributed by atoms with Gasteiger partial charge in [-0.1, -0.05) is 24.3 Å². The van der Waals surface area contributed by atoms with E-state index in [0.29, 0.717) is 41.7 Å². The number of urea groups is 1. The van der Waals surface area contributed by atoms with Gasteiger partial charge in [0.05, 0.1) is 11.4 Å². The van der Waals surface area contributed by atoms with E-state index in [1.54, 1.807) is 68.0 Å². The smallest absolute Gasteiger partial charge is 0.325 e. The van der Waals surface area contributed by atoms with Crippen molar-refractivity contribution in [2.75, 3.05) is 25.1 Å². The average Bonchev–Trinajstić information content (AvgIpc) is 3.23. The molecule has 11 nitrogen and oxygen atoms in total. The topological polar surface area (TPSA) is 124 Å². The molecular formula is C25H25N5O6. The number of anilines is 1. The average molecular weight is 492 g/mol. The van der Waals surface area contributed by atoms with E-state index in [9.17, 15) is 19.2 Å². The van der Waals surface area contributed by atoms with Gasteiger partial charge in [0.2, 0.25) is 5.91 Å². The van der Waals surface area contributed by atoms with Crippen molar-refractivity contribution in [2.45, 2.75) is 19.4 Å². The molecule has 2 aliphatic heterocycles. The highest BCUT2D eigenvalue weighted by molar-refractivity contribution is 6.10. The molecule has 186 valence electrons. The number of para-hydroxylation sites is 1. The van der Waals surface area contributed by atoms with Crippen LogP contribution in [-0.4, -0.2) is 51.9 Å². The van der Waals surface area contributed by atoms with Gasteiger partial charge < -0.3 is 20.1 Å². The predicted octanol–water partition coefficient (Wildman–Crippen LogP) is 1.66. The highest BCUT2D eigenvalue weighted by Crippen LogP contribution is 2.36. The van der Waals surface area contributed by atoms with Gasteiger partial charge in [-0.05, 0) is 43.7 Å². The minimum Gasteiger partial charge on any atom is -0.486 e. The molecule has 1 atom stereocenters. The van der Waals surface area contributed by atoms with Crippen LogP contribution in [0.25, 0.3) is 5.69 Å². The molecule has 36 heavy (non-hydrogen) atoms. The van der Waals surface area contributed by atoms with Crippen molar-refractivity contribution in [2.24, 2.45) is 7.05 Å². The van der Waals surface area contributed by atoms with Gasteiger partial charge >= 0.3 is 6.03 Å². The molecular weight excluding hydrogens is 466 g/mol. The van der Waals surface area contributed by atoms with Crippen LogP contribution in [0.2, 0.25) is 0 Å². The van der Waals surface area contributed by atoms with Gasteiger partial charge in [0.15, 0.2) is 11.5 Å². The number of ether oxygens (including phenoxy) is 2. The fourth-order valence-electron chi connectivity index (χ4n) is 4.43. The normalized spacial score (nSPS) is 18.8. The Kier molecular flexibility index (Phi) is 5.54. The van der Waals surface area contributed by atoms with Gasteiger partial charge in [-0.15, -0.1) is 0 Å². The number of nitrogens with zero attached hydrogens (tertiary/aromatic N) is 3. The third kappa shape index (κ3) is 3.69. The molecule has 4 amide bonds. The fraction of sp³-hybridized carbons (Fsp3) is 0.280. The Morgan fingerprint density at radius 3 is 2.47 bits per heavy atom. The van der Waals surface area contributed by atoms with Gasteiger partial charge in [-0.3, -0.25) is 24.0 Å². The maximum atomic E-state index is 13.3. The van der Waals surface area contributed by atoms with Gasteiger partial charge in [-0.2, -0.15) is 0 Å². The number of benzene rings is 2. The Morgan fingerprint density at radius 1 is 1.06 bits per heavy atom. The number of nitrogens with one attached hydrogen (secondary N) is 2. The Morgan fingerprint density at radius 2 is 1.75 bits per heavy atom. The predicted molar refractivity (Wildman–Crippen MR) is 129 cm³/mol. The highest BCUT2D eigenvalue weighted by Gasteiger charge is 2.50. The lowest BCUT2D eigenvalue weighted by molar-refractivity contribution is -0.133. The van der Waals surface area contributed by atoms with Crippen LogP contribution >= 0.6 is 0 Å². The maximum Gasteiger partial charge on any atom is 0.325 e. The molecule has 1 saturated heterocycles. The summed E-state index contributed by atoms with van der Waals surface area (Å²) in [4.78, 5) is 52.8. The van der Waals surface area contributed by atoms with Crippen LogP contribution in [0, 0.1) is 6.92 Å². The molecule has 0 spiro atoms. The van der Waals surface area contributed by atoms with Gasteiger partial charge in [-0.25, -0.2) is 9.48 Å². The molecule has 2 N–H and O–H groups in total. The molecule has 2 aliphatic rings. The molecule has 3 heterocycles. The van der Waals surface area contributed by atoms with Gasteiger partial charge in [0.1, 0.15) is 31.0 Å². The van der Waals surface area contributed by atoms with Gasteiger partial charge in [0.25, 0.3) is 11.5 Å². The molecule has 0 unspecified atom stereocenters. The van der Waals surface area contributed by atoms with Crippen LogP contribution in [0.4, 0.5) is 10.5 Å². The van der Waals surface area contributed by atoms with Crippen LogP contribution in [0.15, 0.2) is 53.3 Å². The summed E-state index contributed by atoms with van der Waals surface area (Å²) in [7, 11) is 1.70. The Balaban J connectivity index is 1.36. The zero-order valence-corrected chi connectivity index (χ0v) is 20.0. The quantitative estimate of drug-likeness (QED) is 0.524. The number of fused-ring (bicyclic) bond motifs is 1. The Labute approximate surface area is 206 Å². The molecule has 1 fully saturated rings. The zero-order valence-electron chi connectivity index (χ0n) is 20.0. The minimum absolute atomic E-state index is 0.0769.